The number of hydrogen-bond donors (Lipinski definition) is 2. The van der Waals surface area contributed by atoms with Crippen LogP contribution in [-0.4, -0.2) is 56.4 Å². The largest absolute Gasteiger partial charge is 0.481 e. The van der Waals surface area contributed by atoms with Crippen LogP contribution in [0, 0.1) is 11.8 Å². The number of aromatic amines is 1. The van der Waals surface area contributed by atoms with Gasteiger partial charge in [-0.3, -0.25) is 4.79 Å². The molecule has 2 unspecified atom stereocenters. The molecule has 0 radical (unpaired) electrons. The molecule has 11 heteroatoms. The Morgan fingerprint density at radius 1 is 1.03 bits per heavy atom. The van der Waals surface area contributed by atoms with E-state index in [4.69, 9.17) is 5.11 Å². The maximum Gasteiger partial charge on any atom is 0.398 e. The highest BCUT2D eigenvalue weighted by Crippen LogP contribution is 2.33. The third kappa shape index (κ3) is 4.95. The quantitative estimate of drug-likeness (QED) is 0.521. The summed E-state index contributed by atoms with van der Waals surface area (Å²) >= 11 is 0. The molecule has 3 aromatic rings. The number of carboxylic acids is 1. The number of H-pyrrole nitrogens is 1. The first-order chi connectivity index (χ1) is 17.2. The highest BCUT2D eigenvalue weighted by atomic mass is 19.4. The molecule has 1 aromatic carbocycles. The zero-order valence-corrected chi connectivity index (χ0v) is 19.0. The first-order valence-corrected chi connectivity index (χ1v) is 11.6. The van der Waals surface area contributed by atoms with E-state index in [0.717, 1.165) is 36.1 Å². The van der Waals surface area contributed by atoms with Crippen LogP contribution in [0.3, 0.4) is 0 Å². The van der Waals surface area contributed by atoms with Crippen LogP contribution in [-0.2, 0) is 4.79 Å². The van der Waals surface area contributed by atoms with Gasteiger partial charge in [-0.2, -0.15) is 13.2 Å². The van der Waals surface area contributed by atoms with Crippen molar-refractivity contribution in [3.05, 3.63) is 47.4 Å². The molecular formula is C25H23F4N5O2. The number of anilines is 1. The summed E-state index contributed by atoms with van der Waals surface area (Å²) in [5.74, 6) is -1.84. The molecule has 0 amide bonds. The van der Waals surface area contributed by atoms with Gasteiger partial charge in [-0.1, -0.05) is 24.3 Å². The summed E-state index contributed by atoms with van der Waals surface area (Å²) in [6.07, 6.45) is 0.0913. The molecule has 1 saturated heterocycles. The smallest absolute Gasteiger partial charge is 0.398 e. The molecule has 1 aliphatic heterocycles. The Kier molecular flexibility index (Phi) is 6.23. The van der Waals surface area contributed by atoms with Crippen molar-refractivity contribution in [3.8, 4) is 22.5 Å². The highest BCUT2D eigenvalue weighted by molar-refractivity contribution is 5.68. The van der Waals surface area contributed by atoms with Gasteiger partial charge in [0.15, 0.2) is 0 Å². The summed E-state index contributed by atoms with van der Waals surface area (Å²) in [6.45, 7) is 1.42. The van der Waals surface area contributed by atoms with Gasteiger partial charge in [-0.25, -0.2) is 19.3 Å². The van der Waals surface area contributed by atoms with Crippen molar-refractivity contribution >= 4 is 24.1 Å². The fourth-order valence-corrected chi connectivity index (χ4v) is 4.63. The summed E-state index contributed by atoms with van der Waals surface area (Å²) in [4.78, 5) is 29.0. The second-order valence-electron chi connectivity index (χ2n) is 9.11. The standard InChI is InChI=1S/C25H23F4N5O2/c26-19-11-21-20(10-18(19)25(27,28)29)32-23(33-21)16-3-1-15(2-4-16)17-12-30-24(31-13-17)34-7-5-14(6-8-34)9-22(35)36/h1-4,10-14,18-19H,5-9H2,(H,32,33)(H,35,36). The van der Waals surface area contributed by atoms with Crippen LogP contribution in [0.25, 0.3) is 34.7 Å². The van der Waals surface area contributed by atoms with E-state index < -0.39 is 24.2 Å². The Morgan fingerprint density at radius 2 is 1.67 bits per heavy atom. The van der Waals surface area contributed by atoms with Gasteiger partial charge in [0.25, 0.3) is 0 Å². The van der Waals surface area contributed by atoms with E-state index in [2.05, 4.69) is 19.9 Å². The predicted octanol–water partition coefficient (Wildman–Crippen LogP) is 3.32. The van der Waals surface area contributed by atoms with Crippen LogP contribution < -0.4 is 15.6 Å². The van der Waals surface area contributed by atoms with Gasteiger partial charge in [-0.15, -0.1) is 0 Å². The van der Waals surface area contributed by atoms with Crippen LogP contribution in [0.1, 0.15) is 19.3 Å². The maximum absolute atomic E-state index is 14.0. The van der Waals surface area contributed by atoms with Gasteiger partial charge in [0.2, 0.25) is 5.95 Å². The summed E-state index contributed by atoms with van der Waals surface area (Å²) in [5, 5.41) is 9.27. The molecule has 1 aliphatic carbocycles. The van der Waals surface area contributed by atoms with Gasteiger partial charge >= 0.3 is 12.1 Å². The van der Waals surface area contributed by atoms with Crippen LogP contribution in [0.15, 0.2) is 36.7 Å². The summed E-state index contributed by atoms with van der Waals surface area (Å²) in [7, 11) is 0. The third-order valence-electron chi connectivity index (χ3n) is 6.64. The number of nitrogens with one attached hydrogen (secondary N) is 1. The van der Waals surface area contributed by atoms with Crippen LogP contribution >= 0.6 is 0 Å². The van der Waals surface area contributed by atoms with E-state index in [9.17, 15) is 22.4 Å². The van der Waals surface area contributed by atoms with Crippen molar-refractivity contribution in [2.24, 2.45) is 11.8 Å². The molecule has 188 valence electrons. The first-order valence-electron chi connectivity index (χ1n) is 11.6. The topological polar surface area (TPSA) is 95.0 Å². The van der Waals surface area contributed by atoms with E-state index in [0.29, 0.717) is 30.4 Å². The van der Waals surface area contributed by atoms with Crippen LogP contribution in [0.2, 0.25) is 0 Å². The number of fused-ring (bicyclic) bond motifs is 1. The average Bonchev–Trinajstić information content (AvgIpc) is 3.26. The monoisotopic (exact) mass is 501 g/mol. The lowest BCUT2D eigenvalue weighted by Gasteiger charge is -2.31. The molecule has 3 heterocycles. The lowest BCUT2D eigenvalue weighted by atomic mass is 9.94. The van der Waals surface area contributed by atoms with Gasteiger partial charge in [0.1, 0.15) is 17.9 Å². The number of halogens is 4. The number of aliphatic carboxylic acids is 1. The highest BCUT2D eigenvalue weighted by Gasteiger charge is 2.44. The van der Waals surface area contributed by atoms with Crippen molar-refractivity contribution in [1.82, 2.24) is 19.9 Å². The normalized spacial score (nSPS) is 20.4. The Labute approximate surface area is 203 Å². The molecule has 1 fully saturated rings. The van der Waals surface area contributed by atoms with E-state index >= 15 is 0 Å². The van der Waals surface area contributed by atoms with Gasteiger partial charge in [0.05, 0.1) is 10.7 Å². The van der Waals surface area contributed by atoms with Gasteiger partial charge in [0, 0.05) is 43.0 Å². The molecule has 2 aromatic heterocycles. The molecule has 2 atom stereocenters. The van der Waals surface area contributed by atoms with Crippen molar-refractivity contribution < 1.29 is 27.5 Å². The SMILES string of the molecule is O=C(O)CC1CCN(c2ncc(-c3ccc(-c4nc5c([nH]4)=CC(C(F)(F)F)C(F)C=5)cc3)cn2)CC1. The summed E-state index contributed by atoms with van der Waals surface area (Å²) < 4.78 is 53.1. The maximum atomic E-state index is 14.0. The van der Waals surface area contributed by atoms with Crippen LogP contribution in [0.5, 0.6) is 0 Å². The van der Waals surface area contributed by atoms with E-state index in [1.54, 1.807) is 24.5 Å². The molecule has 0 bridgehead atoms. The summed E-state index contributed by atoms with van der Waals surface area (Å²) in [6, 6.07) is 7.21. The average molecular weight is 501 g/mol. The number of benzene rings is 1. The van der Waals surface area contributed by atoms with E-state index in [1.165, 1.54) is 0 Å². The number of hydrogen-bond acceptors (Lipinski definition) is 5. The molecule has 0 spiro atoms. The second kappa shape index (κ2) is 9.36. The number of imidazole rings is 1. The van der Waals surface area contributed by atoms with Crippen molar-refractivity contribution in [2.75, 3.05) is 18.0 Å². The molecule has 5 rings (SSSR count). The first kappa shape index (κ1) is 24.0. The fourth-order valence-electron chi connectivity index (χ4n) is 4.63. The minimum Gasteiger partial charge on any atom is -0.481 e. The third-order valence-corrected chi connectivity index (χ3v) is 6.64. The molecular weight excluding hydrogens is 478 g/mol. The number of carbonyl (C=O) groups is 1. The zero-order valence-electron chi connectivity index (χ0n) is 19.0. The van der Waals surface area contributed by atoms with E-state index in [-0.39, 0.29) is 23.0 Å². The van der Waals surface area contributed by atoms with Crippen LogP contribution in [0.4, 0.5) is 23.5 Å². The van der Waals surface area contributed by atoms with Crippen molar-refractivity contribution in [2.45, 2.75) is 31.6 Å². The Hall–Kier alpha value is -3.76. The molecule has 36 heavy (non-hydrogen) atoms. The predicted molar refractivity (Wildman–Crippen MR) is 125 cm³/mol. The molecule has 0 saturated carbocycles. The Morgan fingerprint density at radius 3 is 2.28 bits per heavy atom. The number of alkyl halides is 4. The van der Waals surface area contributed by atoms with E-state index in [1.807, 2.05) is 17.0 Å². The molecule has 2 N–H and O–H groups in total. The fraction of sp³-hybridized carbons (Fsp3) is 0.360. The zero-order chi connectivity index (χ0) is 25.4. The number of piperidine rings is 1. The Bertz CT molecular complexity index is 1360. The van der Waals surface area contributed by atoms with Gasteiger partial charge in [-0.05, 0) is 36.5 Å². The minimum atomic E-state index is -4.67. The molecule has 7 nitrogen and oxygen atoms in total. The molecule has 2 aliphatic rings. The number of rotatable bonds is 5. The summed E-state index contributed by atoms with van der Waals surface area (Å²) in [5.41, 5.74) is 2.29. The van der Waals surface area contributed by atoms with Crippen molar-refractivity contribution in [3.63, 3.8) is 0 Å². The lowest BCUT2D eigenvalue weighted by Crippen LogP contribution is -2.39. The Balaban J connectivity index is 1.29. The second-order valence-corrected chi connectivity index (χ2v) is 9.11. The van der Waals surface area contributed by atoms with Crippen molar-refractivity contribution in [1.29, 1.82) is 0 Å². The number of aromatic nitrogens is 4. The number of carboxylic acid groups (broad SMARTS) is 1. The lowest BCUT2D eigenvalue weighted by molar-refractivity contribution is -0.165. The minimum absolute atomic E-state index is 0.154. The van der Waals surface area contributed by atoms with Gasteiger partial charge < -0.3 is 15.0 Å². The number of nitrogens with zero attached hydrogens (tertiary/aromatic N) is 4.